The molecule has 13 heavy (non-hydrogen) atoms. The summed E-state index contributed by atoms with van der Waals surface area (Å²) in [4.78, 5) is 14.1. The fourth-order valence-corrected chi connectivity index (χ4v) is 1.23. The Hall–Kier alpha value is -1.43. The van der Waals surface area contributed by atoms with Crippen molar-refractivity contribution in [3.63, 3.8) is 0 Å². The summed E-state index contributed by atoms with van der Waals surface area (Å²) in [5.41, 5.74) is 0. The third kappa shape index (κ3) is 1.52. The second kappa shape index (κ2) is 3.14. The monoisotopic (exact) mass is 184 g/mol. The standard InChI is InChI=1S/C7H8N2O4/c10-7(11)5-8-6(13-9-5)4-2-1-3-12-4/h4H,1-3H2,(H,10,11). The number of carboxylic acids is 1. The maximum absolute atomic E-state index is 10.4. The fourth-order valence-electron chi connectivity index (χ4n) is 1.23. The summed E-state index contributed by atoms with van der Waals surface area (Å²) in [6, 6.07) is 0. The van der Waals surface area contributed by atoms with E-state index in [2.05, 4.69) is 10.1 Å². The minimum Gasteiger partial charge on any atom is -0.475 e. The summed E-state index contributed by atoms with van der Waals surface area (Å²) < 4.78 is 9.99. The van der Waals surface area contributed by atoms with E-state index >= 15 is 0 Å². The third-order valence-electron chi connectivity index (χ3n) is 1.84. The maximum atomic E-state index is 10.4. The lowest BCUT2D eigenvalue weighted by molar-refractivity contribution is 0.0679. The highest BCUT2D eigenvalue weighted by atomic mass is 16.5. The Morgan fingerprint density at radius 3 is 3.00 bits per heavy atom. The van der Waals surface area contributed by atoms with Gasteiger partial charge in [-0.25, -0.2) is 4.79 Å². The van der Waals surface area contributed by atoms with Crippen LogP contribution in [0.4, 0.5) is 0 Å². The molecule has 6 heteroatoms. The molecular weight excluding hydrogens is 176 g/mol. The van der Waals surface area contributed by atoms with Crippen molar-refractivity contribution in [3.05, 3.63) is 11.7 Å². The van der Waals surface area contributed by atoms with Crippen molar-refractivity contribution < 1.29 is 19.2 Å². The molecular formula is C7H8N2O4. The van der Waals surface area contributed by atoms with Crippen molar-refractivity contribution in [2.75, 3.05) is 6.61 Å². The van der Waals surface area contributed by atoms with Crippen LogP contribution >= 0.6 is 0 Å². The van der Waals surface area contributed by atoms with Gasteiger partial charge in [0.25, 0.3) is 11.7 Å². The van der Waals surface area contributed by atoms with E-state index in [1.54, 1.807) is 0 Å². The first kappa shape index (κ1) is 8.18. The van der Waals surface area contributed by atoms with E-state index in [0.29, 0.717) is 6.61 Å². The molecule has 0 aliphatic carbocycles. The quantitative estimate of drug-likeness (QED) is 0.725. The first-order chi connectivity index (χ1) is 6.27. The molecule has 0 radical (unpaired) electrons. The van der Waals surface area contributed by atoms with Crippen LogP contribution in [0.1, 0.15) is 35.5 Å². The molecule has 0 bridgehead atoms. The van der Waals surface area contributed by atoms with Crippen LogP contribution in [0.2, 0.25) is 0 Å². The van der Waals surface area contributed by atoms with Crippen LogP contribution in [-0.2, 0) is 4.74 Å². The minimum absolute atomic E-state index is 0.222. The number of carbonyl (C=O) groups is 1. The molecule has 1 fully saturated rings. The van der Waals surface area contributed by atoms with Gasteiger partial charge in [-0.2, -0.15) is 4.98 Å². The van der Waals surface area contributed by atoms with E-state index in [9.17, 15) is 4.79 Å². The average molecular weight is 184 g/mol. The fraction of sp³-hybridized carbons (Fsp3) is 0.571. The van der Waals surface area contributed by atoms with Crippen LogP contribution < -0.4 is 0 Å². The smallest absolute Gasteiger partial charge is 0.377 e. The van der Waals surface area contributed by atoms with Gasteiger partial charge in [-0.15, -0.1) is 0 Å². The average Bonchev–Trinajstić information content (AvgIpc) is 2.75. The Labute approximate surface area is 73.5 Å². The summed E-state index contributed by atoms with van der Waals surface area (Å²) in [5, 5.41) is 11.8. The maximum Gasteiger partial charge on any atom is 0.377 e. The van der Waals surface area contributed by atoms with E-state index in [-0.39, 0.29) is 17.8 Å². The van der Waals surface area contributed by atoms with Gasteiger partial charge in [0.05, 0.1) is 0 Å². The number of ether oxygens (including phenoxy) is 1. The summed E-state index contributed by atoms with van der Waals surface area (Å²) in [5.74, 6) is -1.24. The molecule has 0 amide bonds. The lowest BCUT2D eigenvalue weighted by Gasteiger charge is -2.00. The summed E-state index contributed by atoms with van der Waals surface area (Å²) in [6.45, 7) is 0.662. The van der Waals surface area contributed by atoms with Gasteiger partial charge in [0.1, 0.15) is 6.10 Å². The summed E-state index contributed by atoms with van der Waals surface area (Å²) in [6.07, 6.45) is 1.53. The zero-order valence-corrected chi connectivity index (χ0v) is 6.77. The number of hydrogen-bond donors (Lipinski definition) is 1. The van der Waals surface area contributed by atoms with Gasteiger partial charge < -0.3 is 14.4 Å². The van der Waals surface area contributed by atoms with Gasteiger partial charge in [-0.1, -0.05) is 0 Å². The Morgan fingerprint density at radius 2 is 2.46 bits per heavy atom. The van der Waals surface area contributed by atoms with Crippen LogP contribution in [0.5, 0.6) is 0 Å². The summed E-state index contributed by atoms with van der Waals surface area (Å²) >= 11 is 0. The van der Waals surface area contributed by atoms with E-state index in [0.717, 1.165) is 12.8 Å². The molecule has 70 valence electrons. The number of aromatic nitrogens is 2. The predicted octanol–water partition coefficient (Wildman–Crippen LogP) is 0.619. The van der Waals surface area contributed by atoms with Crippen LogP contribution in [0, 0.1) is 0 Å². The van der Waals surface area contributed by atoms with Gasteiger partial charge in [-0.3, -0.25) is 0 Å². The Bertz CT molecular complexity index is 316. The Kier molecular flexibility index (Phi) is 1.97. The highest BCUT2D eigenvalue weighted by molar-refractivity contribution is 5.82. The number of rotatable bonds is 2. The molecule has 1 aliphatic rings. The van der Waals surface area contributed by atoms with Gasteiger partial charge in [-0.05, 0) is 18.0 Å². The molecule has 1 aromatic rings. The van der Waals surface area contributed by atoms with E-state index in [4.69, 9.17) is 14.4 Å². The Balaban J connectivity index is 2.16. The van der Waals surface area contributed by atoms with Crippen molar-refractivity contribution in [1.29, 1.82) is 0 Å². The van der Waals surface area contributed by atoms with Gasteiger partial charge in [0.2, 0.25) is 0 Å². The molecule has 1 atom stereocenters. The highest BCUT2D eigenvalue weighted by Crippen LogP contribution is 2.26. The Morgan fingerprint density at radius 1 is 1.62 bits per heavy atom. The van der Waals surface area contributed by atoms with Crippen molar-refractivity contribution in [2.24, 2.45) is 0 Å². The first-order valence-electron chi connectivity index (χ1n) is 3.96. The molecule has 1 saturated heterocycles. The molecule has 1 aromatic heterocycles. The summed E-state index contributed by atoms with van der Waals surface area (Å²) in [7, 11) is 0. The predicted molar refractivity (Wildman–Crippen MR) is 39.2 cm³/mol. The minimum atomic E-state index is -1.19. The van der Waals surface area contributed by atoms with Crippen LogP contribution in [0.15, 0.2) is 4.52 Å². The van der Waals surface area contributed by atoms with Gasteiger partial charge in [0.15, 0.2) is 0 Å². The van der Waals surface area contributed by atoms with E-state index in [1.807, 2.05) is 0 Å². The van der Waals surface area contributed by atoms with Gasteiger partial charge >= 0.3 is 5.97 Å². The molecule has 1 unspecified atom stereocenters. The second-order valence-corrected chi connectivity index (χ2v) is 2.76. The van der Waals surface area contributed by atoms with E-state index < -0.39 is 5.97 Å². The molecule has 2 heterocycles. The molecule has 0 aromatic carbocycles. The number of nitrogens with zero attached hydrogens (tertiary/aromatic N) is 2. The van der Waals surface area contributed by atoms with Crippen LogP contribution in [-0.4, -0.2) is 27.8 Å². The SMILES string of the molecule is O=C(O)c1noc(C2CCCO2)n1. The van der Waals surface area contributed by atoms with E-state index in [1.165, 1.54) is 0 Å². The second-order valence-electron chi connectivity index (χ2n) is 2.76. The van der Waals surface area contributed by atoms with Crippen LogP contribution in [0.25, 0.3) is 0 Å². The molecule has 2 rings (SSSR count). The van der Waals surface area contributed by atoms with Crippen molar-refractivity contribution in [2.45, 2.75) is 18.9 Å². The molecule has 0 spiro atoms. The van der Waals surface area contributed by atoms with Crippen LogP contribution in [0.3, 0.4) is 0 Å². The largest absolute Gasteiger partial charge is 0.475 e. The molecule has 0 saturated carbocycles. The van der Waals surface area contributed by atoms with Gasteiger partial charge in [0, 0.05) is 6.61 Å². The van der Waals surface area contributed by atoms with Crippen molar-refractivity contribution in [1.82, 2.24) is 10.1 Å². The number of hydrogen-bond acceptors (Lipinski definition) is 5. The molecule has 1 N–H and O–H groups in total. The topological polar surface area (TPSA) is 85.5 Å². The zero-order chi connectivity index (χ0) is 9.26. The third-order valence-corrected chi connectivity index (χ3v) is 1.84. The normalized spacial score (nSPS) is 22.0. The van der Waals surface area contributed by atoms with Crippen molar-refractivity contribution >= 4 is 5.97 Å². The van der Waals surface area contributed by atoms with Crippen molar-refractivity contribution in [3.8, 4) is 0 Å². The number of carboxylic acid groups (broad SMARTS) is 1. The lowest BCUT2D eigenvalue weighted by atomic mass is 10.2. The highest BCUT2D eigenvalue weighted by Gasteiger charge is 2.25. The zero-order valence-electron chi connectivity index (χ0n) is 6.77. The molecule has 1 aliphatic heterocycles. The number of aromatic carboxylic acids is 1. The lowest BCUT2D eigenvalue weighted by Crippen LogP contribution is -2.00. The first-order valence-corrected chi connectivity index (χ1v) is 3.96. The molecule has 6 nitrogen and oxygen atoms in total.